The summed E-state index contributed by atoms with van der Waals surface area (Å²) in [5, 5.41) is 5.37. The van der Waals surface area contributed by atoms with E-state index in [2.05, 4.69) is 5.32 Å². The molecular weight excluding hydrogens is 294 g/mol. The predicted molar refractivity (Wildman–Crippen MR) is 82.7 cm³/mol. The van der Waals surface area contributed by atoms with Crippen molar-refractivity contribution in [3.8, 4) is 5.75 Å². The van der Waals surface area contributed by atoms with Gasteiger partial charge in [-0.05, 0) is 30.0 Å². The number of hydrogen-bond acceptors (Lipinski definition) is 3. The first-order valence-corrected chi connectivity index (χ1v) is 7.69. The fourth-order valence-electron chi connectivity index (χ4n) is 1.62. The molecule has 5 heteroatoms. The second-order valence-electron chi connectivity index (χ2n) is 4.29. The highest BCUT2D eigenvalue weighted by molar-refractivity contribution is 7.12. The van der Waals surface area contributed by atoms with Gasteiger partial charge >= 0.3 is 0 Å². The number of nitrogens with one attached hydrogen (secondary N) is 1. The maximum absolute atomic E-state index is 11.8. The van der Waals surface area contributed by atoms with Gasteiger partial charge in [-0.2, -0.15) is 0 Å². The van der Waals surface area contributed by atoms with Crippen LogP contribution in [-0.4, -0.2) is 12.5 Å². The minimum Gasteiger partial charge on any atom is -0.487 e. The topological polar surface area (TPSA) is 38.3 Å². The monoisotopic (exact) mass is 309 g/mol. The molecule has 0 spiro atoms. The lowest BCUT2D eigenvalue weighted by molar-refractivity contribution is 0.0957. The molecule has 1 aromatic heterocycles. The highest BCUT2D eigenvalue weighted by atomic mass is 35.5. The van der Waals surface area contributed by atoms with E-state index in [9.17, 15) is 4.79 Å². The lowest BCUT2D eigenvalue weighted by Crippen LogP contribution is -2.22. The molecule has 0 fully saturated rings. The van der Waals surface area contributed by atoms with E-state index in [4.69, 9.17) is 16.3 Å². The molecule has 106 valence electrons. The van der Waals surface area contributed by atoms with E-state index in [0.29, 0.717) is 28.8 Å². The number of thiophene rings is 1. The lowest BCUT2D eigenvalue weighted by atomic mass is 10.3. The Labute approximate surface area is 127 Å². The van der Waals surface area contributed by atoms with E-state index in [0.717, 1.165) is 12.0 Å². The molecule has 0 saturated heterocycles. The van der Waals surface area contributed by atoms with Crippen LogP contribution in [0.1, 0.15) is 28.6 Å². The smallest absolute Gasteiger partial charge is 0.261 e. The van der Waals surface area contributed by atoms with Crippen LogP contribution < -0.4 is 10.1 Å². The molecule has 1 heterocycles. The van der Waals surface area contributed by atoms with Gasteiger partial charge in [0.2, 0.25) is 0 Å². The zero-order valence-electron chi connectivity index (χ0n) is 11.2. The average molecular weight is 310 g/mol. The van der Waals surface area contributed by atoms with Gasteiger partial charge in [-0.1, -0.05) is 30.7 Å². The summed E-state index contributed by atoms with van der Waals surface area (Å²) in [4.78, 5) is 12.5. The molecular formula is C15H16ClNO2S. The fraction of sp³-hybridized carbons (Fsp3) is 0.267. The highest BCUT2D eigenvalue weighted by Gasteiger charge is 2.09. The molecule has 3 nitrogen and oxygen atoms in total. The summed E-state index contributed by atoms with van der Waals surface area (Å²) in [6, 6.07) is 9.19. The molecule has 0 aliphatic heterocycles. The number of para-hydroxylation sites is 1. The van der Waals surface area contributed by atoms with Gasteiger partial charge in [0.15, 0.2) is 0 Å². The van der Waals surface area contributed by atoms with Crippen LogP contribution in [0.3, 0.4) is 0 Å². The van der Waals surface area contributed by atoms with Gasteiger partial charge in [0, 0.05) is 12.1 Å². The third-order valence-corrected chi connectivity index (χ3v) is 3.93. The second-order valence-corrected chi connectivity index (χ2v) is 5.61. The third-order valence-electron chi connectivity index (χ3n) is 2.64. The maximum atomic E-state index is 11.8. The van der Waals surface area contributed by atoms with Crippen LogP contribution in [-0.2, 0) is 6.61 Å². The van der Waals surface area contributed by atoms with Gasteiger partial charge in [0.05, 0.1) is 9.90 Å². The highest BCUT2D eigenvalue weighted by Crippen LogP contribution is 2.25. The summed E-state index contributed by atoms with van der Waals surface area (Å²) >= 11 is 7.44. The Morgan fingerprint density at radius 1 is 1.40 bits per heavy atom. The Morgan fingerprint density at radius 2 is 2.20 bits per heavy atom. The van der Waals surface area contributed by atoms with Crippen molar-refractivity contribution in [2.24, 2.45) is 0 Å². The van der Waals surface area contributed by atoms with Crippen molar-refractivity contribution in [2.75, 3.05) is 6.54 Å². The molecule has 2 aromatic rings. The number of ether oxygens (including phenoxy) is 1. The summed E-state index contributed by atoms with van der Waals surface area (Å²) in [7, 11) is 0. The Morgan fingerprint density at radius 3 is 2.95 bits per heavy atom. The van der Waals surface area contributed by atoms with Crippen molar-refractivity contribution in [3.63, 3.8) is 0 Å². The van der Waals surface area contributed by atoms with E-state index in [-0.39, 0.29) is 5.91 Å². The summed E-state index contributed by atoms with van der Waals surface area (Å²) < 4.78 is 5.64. The molecule has 1 amide bonds. The predicted octanol–water partition coefficient (Wildman–Crippen LogP) is 4.12. The lowest BCUT2D eigenvalue weighted by Gasteiger charge is -2.06. The Kier molecular flexibility index (Phi) is 5.44. The molecule has 20 heavy (non-hydrogen) atoms. The number of amides is 1. The SMILES string of the molecule is CCCNC(=O)c1cc(COc2ccccc2Cl)cs1. The Bertz CT molecular complexity index is 583. The molecule has 1 aromatic carbocycles. The van der Waals surface area contributed by atoms with Crippen LogP contribution in [0.25, 0.3) is 0 Å². The molecule has 0 atom stereocenters. The van der Waals surface area contributed by atoms with Crippen LogP contribution in [0.15, 0.2) is 35.7 Å². The Balaban J connectivity index is 1.93. The number of benzene rings is 1. The van der Waals surface area contributed by atoms with E-state index in [1.807, 2.05) is 36.6 Å². The van der Waals surface area contributed by atoms with Gasteiger partial charge < -0.3 is 10.1 Å². The van der Waals surface area contributed by atoms with Gasteiger partial charge in [-0.25, -0.2) is 0 Å². The van der Waals surface area contributed by atoms with Gasteiger partial charge in [-0.15, -0.1) is 11.3 Å². The Hall–Kier alpha value is -1.52. The largest absolute Gasteiger partial charge is 0.487 e. The number of rotatable bonds is 6. The van der Waals surface area contributed by atoms with Crippen molar-refractivity contribution < 1.29 is 9.53 Å². The molecule has 0 aliphatic rings. The summed E-state index contributed by atoms with van der Waals surface area (Å²) in [6.07, 6.45) is 0.930. The maximum Gasteiger partial charge on any atom is 0.261 e. The minimum absolute atomic E-state index is 0.0270. The second kappa shape index (κ2) is 7.31. The van der Waals surface area contributed by atoms with Gasteiger partial charge in [0.1, 0.15) is 12.4 Å². The fourth-order valence-corrected chi connectivity index (χ4v) is 2.62. The first kappa shape index (κ1) is 14.9. The number of carbonyl (C=O) groups is 1. The van der Waals surface area contributed by atoms with Gasteiger partial charge in [-0.3, -0.25) is 4.79 Å². The molecule has 0 saturated carbocycles. The van der Waals surface area contributed by atoms with Crippen molar-refractivity contribution in [1.82, 2.24) is 5.32 Å². The summed E-state index contributed by atoms with van der Waals surface area (Å²) in [6.45, 7) is 3.13. The zero-order chi connectivity index (χ0) is 14.4. The first-order valence-electron chi connectivity index (χ1n) is 6.43. The standard InChI is InChI=1S/C15H16ClNO2S/c1-2-7-17-15(18)14-8-11(10-20-14)9-19-13-6-4-3-5-12(13)16/h3-6,8,10H,2,7,9H2,1H3,(H,17,18). The average Bonchev–Trinajstić information content (AvgIpc) is 2.93. The minimum atomic E-state index is -0.0270. The van der Waals surface area contributed by atoms with Crippen molar-refractivity contribution in [1.29, 1.82) is 0 Å². The van der Waals surface area contributed by atoms with Crippen LogP contribution in [0.2, 0.25) is 5.02 Å². The number of carbonyl (C=O) groups excluding carboxylic acids is 1. The molecule has 0 aliphatic carbocycles. The molecule has 0 radical (unpaired) electrons. The van der Waals surface area contributed by atoms with Crippen LogP contribution >= 0.6 is 22.9 Å². The van der Waals surface area contributed by atoms with Crippen molar-refractivity contribution in [2.45, 2.75) is 20.0 Å². The van der Waals surface area contributed by atoms with E-state index in [1.54, 1.807) is 6.07 Å². The van der Waals surface area contributed by atoms with Crippen molar-refractivity contribution in [3.05, 3.63) is 51.2 Å². The number of halogens is 1. The molecule has 1 N–H and O–H groups in total. The van der Waals surface area contributed by atoms with Crippen LogP contribution in [0.5, 0.6) is 5.75 Å². The van der Waals surface area contributed by atoms with E-state index < -0.39 is 0 Å². The third kappa shape index (κ3) is 3.99. The molecule has 2 rings (SSSR count). The number of hydrogen-bond donors (Lipinski definition) is 1. The van der Waals surface area contributed by atoms with Crippen LogP contribution in [0.4, 0.5) is 0 Å². The summed E-state index contributed by atoms with van der Waals surface area (Å²) in [5.41, 5.74) is 0.969. The van der Waals surface area contributed by atoms with Crippen LogP contribution in [0, 0.1) is 0 Å². The quantitative estimate of drug-likeness (QED) is 0.871. The normalized spacial score (nSPS) is 10.3. The molecule has 0 bridgehead atoms. The summed E-state index contributed by atoms with van der Waals surface area (Å²) in [5.74, 6) is 0.623. The van der Waals surface area contributed by atoms with Gasteiger partial charge in [0.25, 0.3) is 5.91 Å². The zero-order valence-corrected chi connectivity index (χ0v) is 12.8. The van der Waals surface area contributed by atoms with Crippen molar-refractivity contribution >= 4 is 28.8 Å². The van der Waals surface area contributed by atoms with E-state index in [1.165, 1.54) is 11.3 Å². The van der Waals surface area contributed by atoms with E-state index >= 15 is 0 Å². The molecule has 0 unspecified atom stereocenters. The first-order chi connectivity index (χ1) is 9.70.